The van der Waals surface area contributed by atoms with E-state index in [9.17, 15) is 14.4 Å². The van der Waals surface area contributed by atoms with Gasteiger partial charge in [-0.25, -0.2) is 4.98 Å². The van der Waals surface area contributed by atoms with Gasteiger partial charge in [0.1, 0.15) is 52.0 Å². The Labute approximate surface area is 303 Å². The number of carbonyl (C=O) groups is 3. The molecule has 2 aliphatic rings. The summed E-state index contributed by atoms with van der Waals surface area (Å²) in [4.78, 5) is 48.1. The van der Waals surface area contributed by atoms with Gasteiger partial charge in [-0.2, -0.15) is 5.10 Å². The lowest BCUT2D eigenvalue weighted by molar-refractivity contribution is -0.121. The third kappa shape index (κ3) is 5.66. The van der Waals surface area contributed by atoms with Crippen LogP contribution in [0, 0.1) is 5.92 Å². The highest BCUT2D eigenvalue weighted by Gasteiger charge is 2.63. The summed E-state index contributed by atoms with van der Waals surface area (Å²) >= 11 is 6.65. The number of methoxy groups -OCH3 is 4. The van der Waals surface area contributed by atoms with Crippen LogP contribution in [0.4, 0.5) is 0 Å². The van der Waals surface area contributed by atoms with Crippen LogP contribution in [-0.2, 0) is 29.0 Å². The fraction of sp³-hybridized carbons (Fsp3) is 0.289. The number of amides is 1. The summed E-state index contributed by atoms with van der Waals surface area (Å²) in [5.41, 5.74) is -0.246. The predicted molar refractivity (Wildman–Crippen MR) is 187 cm³/mol. The Morgan fingerprint density at radius 2 is 1.71 bits per heavy atom. The molecule has 7 rings (SSSR count). The molecule has 1 aliphatic carbocycles. The van der Waals surface area contributed by atoms with Gasteiger partial charge >= 0.3 is 0 Å². The van der Waals surface area contributed by atoms with Crippen molar-refractivity contribution < 1.29 is 42.5 Å². The van der Waals surface area contributed by atoms with E-state index < -0.39 is 35.0 Å². The molecule has 52 heavy (non-hydrogen) atoms. The van der Waals surface area contributed by atoms with Crippen LogP contribution < -0.4 is 24.3 Å². The Kier molecular flexibility index (Phi) is 9.24. The van der Waals surface area contributed by atoms with Crippen molar-refractivity contribution in [2.45, 2.75) is 38.0 Å². The van der Waals surface area contributed by atoms with Crippen LogP contribution in [0.2, 0.25) is 5.02 Å². The number of rotatable bonds is 11. The second-order valence-electron chi connectivity index (χ2n) is 12.5. The Morgan fingerprint density at radius 3 is 2.38 bits per heavy atom. The van der Waals surface area contributed by atoms with Crippen LogP contribution >= 0.6 is 11.6 Å². The van der Waals surface area contributed by atoms with Gasteiger partial charge in [0.25, 0.3) is 0 Å². The number of H-pyrrole nitrogens is 1. The molecular formula is C38H35ClN4O9. The summed E-state index contributed by atoms with van der Waals surface area (Å²) in [5.74, 6) is 0.0221. The SMILES string of the molecule is COCc1nc(C(NC(=O)Cc2c(-c3ccc(OC)cc3)oc3c2C(=O)C2(Oc4c(Cl)c(OC)cc(OC)c4C2=O)C(C)C3)c2ccccc2)n[nH]1. The van der Waals surface area contributed by atoms with Crippen LogP contribution in [-0.4, -0.2) is 66.7 Å². The van der Waals surface area contributed by atoms with Gasteiger partial charge in [0.2, 0.25) is 23.1 Å². The van der Waals surface area contributed by atoms with Crippen LogP contribution in [0.25, 0.3) is 11.3 Å². The predicted octanol–water partition coefficient (Wildman–Crippen LogP) is 5.73. The number of aromatic nitrogens is 3. The molecule has 3 heterocycles. The van der Waals surface area contributed by atoms with Crippen molar-refractivity contribution in [2.24, 2.45) is 5.92 Å². The zero-order valence-corrected chi connectivity index (χ0v) is 29.8. The van der Waals surface area contributed by atoms with Crippen molar-refractivity contribution in [3.8, 4) is 34.3 Å². The number of hydrogen-bond donors (Lipinski definition) is 2. The quantitative estimate of drug-likeness (QED) is 0.160. The monoisotopic (exact) mass is 726 g/mol. The van der Waals surface area contributed by atoms with Gasteiger partial charge < -0.3 is 33.4 Å². The van der Waals surface area contributed by atoms with Gasteiger partial charge in [-0.3, -0.25) is 19.5 Å². The second kappa shape index (κ2) is 13.8. The number of ether oxygens (including phenoxy) is 5. The lowest BCUT2D eigenvalue weighted by Crippen LogP contribution is -2.56. The highest BCUT2D eigenvalue weighted by atomic mass is 35.5. The van der Waals surface area contributed by atoms with Gasteiger partial charge in [0.15, 0.2) is 17.4 Å². The maximum absolute atomic E-state index is 15.0. The lowest BCUT2D eigenvalue weighted by atomic mass is 9.70. The normalized spacial score (nSPS) is 18.1. The summed E-state index contributed by atoms with van der Waals surface area (Å²) in [6.45, 7) is 1.94. The Hall–Kier alpha value is -5.66. The molecule has 3 unspecified atom stereocenters. The van der Waals surface area contributed by atoms with E-state index in [1.54, 1.807) is 45.4 Å². The standard InChI is InChI=1S/C38H35ClN4O9/c1-19-15-25-29(35(45)38(19)36(46)30-24(49-4)17-26(50-5)31(39)34(30)52-38)23(33(51-25)21-11-13-22(48-3)14-12-21)16-28(44)41-32(20-9-7-6-8-10-20)37-40-27(18-47-2)42-43-37/h6-14,17,19,32H,15-16,18H2,1-5H3,(H,41,44)(H,40,42,43). The third-order valence-electron chi connectivity index (χ3n) is 9.46. The number of nitrogens with zero attached hydrogens (tertiary/aromatic N) is 2. The number of halogens is 1. The van der Waals surface area contributed by atoms with Crippen LogP contribution in [0.3, 0.4) is 0 Å². The molecule has 0 bridgehead atoms. The number of nitrogens with one attached hydrogen (secondary N) is 2. The molecule has 2 aromatic heterocycles. The molecule has 1 aliphatic heterocycles. The highest BCUT2D eigenvalue weighted by molar-refractivity contribution is 6.36. The molecule has 0 saturated carbocycles. The molecule has 14 heteroatoms. The maximum Gasteiger partial charge on any atom is 0.237 e. The molecular weight excluding hydrogens is 692 g/mol. The number of Topliss-reactive ketones (excluding diaryl/α,β-unsaturated/α-hetero) is 2. The van der Waals surface area contributed by atoms with Crippen molar-refractivity contribution >= 4 is 29.1 Å². The van der Waals surface area contributed by atoms with Gasteiger partial charge in [-0.05, 0) is 29.8 Å². The van der Waals surface area contributed by atoms with E-state index in [2.05, 4.69) is 20.5 Å². The third-order valence-corrected chi connectivity index (χ3v) is 9.82. The number of furan rings is 1. The molecule has 1 amide bonds. The first-order valence-corrected chi connectivity index (χ1v) is 16.8. The summed E-state index contributed by atoms with van der Waals surface area (Å²) in [6.07, 6.45) is -0.150. The number of hydrogen-bond acceptors (Lipinski definition) is 11. The Bertz CT molecular complexity index is 2180. The van der Waals surface area contributed by atoms with Gasteiger partial charge in [0, 0.05) is 36.6 Å². The van der Waals surface area contributed by atoms with E-state index in [-0.39, 0.29) is 52.8 Å². The van der Waals surface area contributed by atoms with Crippen molar-refractivity contribution in [3.63, 3.8) is 0 Å². The van der Waals surface area contributed by atoms with E-state index in [1.165, 1.54) is 20.3 Å². The molecule has 3 aromatic carbocycles. The molecule has 268 valence electrons. The topological polar surface area (TPSA) is 164 Å². The van der Waals surface area contributed by atoms with Gasteiger partial charge in [0.05, 0.1) is 33.3 Å². The number of carbonyl (C=O) groups excluding carboxylic acids is 3. The fourth-order valence-corrected chi connectivity index (χ4v) is 7.20. The molecule has 5 aromatic rings. The minimum atomic E-state index is -2.01. The number of fused-ring (bicyclic) bond motifs is 2. The smallest absolute Gasteiger partial charge is 0.237 e. The number of ketones is 2. The summed E-state index contributed by atoms with van der Waals surface area (Å²) in [5, 5.41) is 10.3. The van der Waals surface area contributed by atoms with E-state index in [1.807, 2.05) is 30.3 Å². The number of aromatic amines is 1. The molecule has 3 atom stereocenters. The Balaban J connectivity index is 1.32. The van der Waals surface area contributed by atoms with Crippen molar-refractivity contribution in [1.29, 1.82) is 0 Å². The van der Waals surface area contributed by atoms with Gasteiger partial charge in [-0.1, -0.05) is 48.9 Å². The lowest BCUT2D eigenvalue weighted by Gasteiger charge is -2.35. The number of benzene rings is 3. The summed E-state index contributed by atoms with van der Waals surface area (Å²) < 4.78 is 34.3. The first-order chi connectivity index (χ1) is 25.1. The van der Waals surface area contributed by atoms with Crippen molar-refractivity contribution in [1.82, 2.24) is 20.5 Å². The van der Waals surface area contributed by atoms with E-state index in [0.29, 0.717) is 40.0 Å². The summed E-state index contributed by atoms with van der Waals surface area (Å²) in [6, 6.07) is 17.0. The molecule has 13 nitrogen and oxygen atoms in total. The van der Waals surface area contributed by atoms with E-state index in [0.717, 1.165) is 5.56 Å². The minimum absolute atomic E-state index is 0.00488. The van der Waals surface area contributed by atoms with Crippen LogP contribution in [0.15, 0.2) is 65.1 Å². The van der Waals surface area contributed by atoms with Crippen molar-refractivity contribution in [2.75, 3.05) is 28.4 Å². The second-order valence-corrected chi connectivity index (χ2v) is 12.9. The fourth-order valence-electron chi connectivity index (χ4n) is 6.93. The maximum atomic E-state index is 15.0. The molecule has 0 radical (unpaired) electrons. The van der Waals surface area contributed by atoms with Gasteiger partial charge in [-0.15, -0.1) is 0 Å². The summed E-state index contributed by atoms with van der Waals surface area (Å²) in [7, 11) is 5.92. The Morgan fingerprint density at radius 1 is 1.00 bits per heavy atom. The van der Waals surface area contributed by atoms with Crippen molar-refractivity contribution in [3.05, 3.63) is 105 Å². The zero-order valence-electron chi connectivity index (χ0n) is 29.0. The average Bonchev–Trinajstić information content (AvgIpc) is 3.86. The first-order valence-electron chi connectivity index (χ1n) is 16.4. The van der Waals surface area contributed by atoms with Crippen LogP contribution in [0.5, 0.6) is 23.0 Å². The average molecular weight is 727 g/mol. The first kappa shape index (κ1) is 34.8. The van der Waals surface area contributed by atoms with E-state index >= 15 is 0 Å². The zero-order chi connectivity index (χ0) is 36.7. The molecule has 1 spiro atoms. The largest absolute Gasteiger partial charge is 0.497 e. The molecule has 0 saturated heterocycles. The highest BCUT2D eigenvalue weighted by Crippen LogP contribution is 2.54. The van der Waals surface area contributed by atoms with E-state index in [4.69, 9.17) is 39.7 Å². The molecule has 2 N–H and O–H groups in total. The molecule has 0 fully saturated rings. The van der Waals surface area contributed by atoms with Crippen LogP contribution in [0.1, 0.15) is 62.2 Å². The minimum Gasteiger partial charge on any atom is -0.497 e.